The fourth-order valence-corrected chi connectivity index (χ4v) is 3.07. The Bertz CT molecular complexity index is 428. The van der Waals surface area contributed by atoms with E-state index in [9.17, 15) is 4.39 Å². The first-order chi connectivity index (χ1) is 9.61. The molecular weight excluding hydrogens is 253 g/mol. The quantitative estimate of drug-likeness (QED) is 0.896. The highest BCUT2D eigenvalue weighted by atomic mass is 19.1. The number of hydrogen-bond donors (Lipinski definition) is 1. The molecule has 1 fully saturated rings. The normalized spacial score (nSPS) is 17.4. The van der Waals surface area contributed by atoms with E-state index in [0.717, 1.165) is 37.3 Å². The van der Waals surface area contributed by atoms with Gasteiger partial charge in [-0.2, -0.15) is 0 Å². The molecule has 0 spiro atoms. The zero-order valence-corrected chi connectivity index (χ0v) is 12.6. The highest BCUT2D eigenvalue weighted by molar-refractivity contribution is 5.54. The van der Waals surface area contributed by atoms with Gasteiger partial charge in [0.25, 0.3) is 0 Å². The monoisotopic (exact) mass is 279 g/mol. The summed E-state index contributed by atoms with van der Waals surface area (Å²) in [4.78, 5) is 4.44. The summed E-state index contributed by atoms with van der Waals surface area (Å²) in [6.45, 7) is 3.77. The highest BCUT2D eigenvalue weighted by Gasteiger charge is 2.20. The molecule has 112 valence electrons. The number of rotatable bonds is 5. The first-order valence-electron chi connectivity index (χ1n) is 7.49. The molecule has 0 radical (unpaired) electrons. The molecule has 0 aromatic heterocycles. The number of para-hydroxylation sites is 1. The van der Waals surface area contributed by atoms with Crippen molar-refractivity contribution in [2.24, 2.45) is 11.7 Å². The second-order valence-electron chi connectivity index (χ2n) is 5.91. The van der Waals surface area contributed by atoms with Crippen LogP contribution in [0.15, 0.2) is 18.2 Å². The lowest BCUT2D eigenvalue weighted by molar-refractivity contribution is 0.222. The van der Waals surface area contributed by atoms with Crippen molar-refractivity contribution in [1.82, 2.24) is 4.90 Å². The van der Waals surface area contributed by atoms with Crippen molar-refractivity contribution in [3.05, 3.63) is 29.6 Å². The van der Waals surface area contributed by atoms with Crippen LogP contribution in [0.25, 0.3) is 0 Å². The lowest BCUT2D eigenvalue weighted by Gasteiger charge is -2.33. The Hall–Kier alpha value is -1.13. The largest absolute Gasteiger partial charge is 0.372 e. The standard InChI is InChI=1S/C16H26FN3/c1-19-10-7-13(8-11-19)12-20(2)16-14(6-9-18)4-3-5-15(16)17/h3-5,13H,6-12,18H2,1-2H3. The fourth-order valence-electron chi connectivity index (χ4n) is 3.07. The molecule has 0 amide bonds. The number of likely N-dealkylation sites (tertiary alicyclic amines) is 1. The number of halogens is 1. The summed E-state index contributed by atoms with van der Waals surface area (Å²) >= 11 is 0. The van der Waals surface area contributed by atoms with E-state index in [2.05, 4.69) is 16.8 Å². The number of nitrogens with two attached hydrogens (primary N) is 1. The Labute approximate surface area is 121 Å². The maximum Gasteiger partial charge on any atom is 0.146 e. The summed E-state index contributed by atoms with van der Waals surface area (Å²) < 4.78 is 14.1. The van der Waals surface area contributed by atoms with Gasteiger partial charge < -0.3 is 15.5 Å². The first-order valence-corrected chi connectivity index (χ1v) is 7.49. The minimum Gasteiger partial charge on any atom is -0.372 e. The average molecular weight is 279 g/mol. The molecule has 0 bridgehead atoms. The average Bonchev–Trinajstić information content (AvgIpc) is 2.42. The smallest absolute Gasteiger partial charge is 0.146 e. The summed E-state index contributed by atoms with van der Waals surface area (Å²) in [6.07, 6.45) is 3.12. The predicted molar refractivity (Wildman–Crippen MR) is 82.6 cm³/mol. The van der Waals surface area contributed by atoms with E-state index in [1.165, 1.54) is 12.8 Å². The van der Waals surface area contributed by atoms with Crippen LogP contribution in [0, 0.1) is 11.7 Å². The van der Waals surface area contributed by atoms with E-state index in [1.54, 1.807) is 12.1 Å². The highest BCUT2D eigenvalue weighted by Crippen LogP contribution is 2.26. The molecule has 1 saturated heterocycles. The zero-order valence-electron chi connectivity index (χ0n) is 12.6. The molecule has 1 heterocycles. The van der Waals surface area contributed by atoms with Crippen molar-refractivity contribution >= 4 is 5.69 Å². The Morgan fingerprint density at radius 1 is 1.35 bits per heavy atom. The van der Waals surface area contributed by atoms with Crippen molar-refractivity contribution in [2.75, 3.05) is 45.2 Å². The third-order valence-electron chi connectivity index (χ3n) is 4.24. The van der Waals surface area contributed by atoms with E-state index < -0.39 is 0 Å². The van der Waals surface area contributed by atoms with Gasteiger partial charge in [0.15, 0.2) is 0 Å². The molecule has 2 rings (SSSR count). The minimum absolute atomic E-state index is 0.133. The summed E-state index contributed by atoms with van der Waals surface area (Å²) in [6, 6.07) is 5.30. The summed E-state index contributed by atoms with van der Waals surface area (Å²) in [5, 5.41) is 0. The minimum atomic E-state index is -0.133. The Kier molecular flexibility index (Phi) is 5.38. The van der Waals surface area contributed by atoms with Crippen LogP contribution >= 0.6 is 0 Å². The summed E-state index contributed by atoms with van der Waals surface area (Å²) in [7, 11) is 4.16. The molecule has 4 heteroatoms. The lowest BCUT2D eigenvalue weighted by atomic mass is 9.96. The first kappa shape index (κ1) is 15.3. The molecule has 0 unspecified atom stereocenters. The molecule has 1 aliphatic rings. The van der Waals surface area contributed by atoms with Crippen molar-refractivity contribution in [2.45, 2.75) is 19.3 Å². The van der Waals surface area contributed by atoms with Crippen molar-refractivity contribution in [1.29, 1.82) is 0 Å². The van der Waals surface area contributed by atoms with Crippen LogP contribution in [-0.2, 0) is 6.42 Å². The second kappa shape index (κ2) is 7.04. The summed E-state index contributed by atoms with van der Waals surface area (Å²) in [5.74, 6) is 0.521. The maximum absolute atomic E-state index is 14.1. The van der Waals surface area contributed by atoms with Crippen molar-refractivity contribution < 1.29 is 4.39 Å². The topological polar surface area (TPSA) is 32.5 Å². The number of benzene rings is 1. The summed E-state index contributed by atoms with van der Waals surface area (Å²) in [5.41, 5.74) is 7.38. The van der Waals surface area contributed by atoms with E-state index in [4.69, 9.17) is 5.73 Å². The van der Waals surface area contributed by atoms with Gasteiger partial charge in [-0.15, -0.1) is 0 Å². The van der Waals surface area contributed by atoms with Crippen LogP contribution in [0.2, 0.25) is 0 Å². The van der Waals surface area contributed by atoms with Gasteiger partial charge in [-0.3, -0.25) is 0 Å². The van der Waals surface area contributed by atoms with Gasteiger partial charge in [-0.1, -0.05) is 12.1 Å². The molecule has 20 heavy (non-hydrogen) atoms. The van der Waals surface area contributed by atoms with Crippen LogP contribution < -0.4 is 10.6 Å². The number of nitrogens with zero attached hydrogens (tertiary/aromatic N) is 2. The van der Waals surface area contributed by atoms with Crippen molar-refractivity contribution in [3.63, 3.8) is 0 Å². The van der Waals surface area contributed by atoms with Gasteiger partial charge in [-0.25, -0.2) is 4.39 Å². The number of piperidine rings is 1. The zero-order chi connectivity index (χ0) is 14.5. The predicted octanol–water partition coefficient (Wildman–Crippen LogP) is 2.10. The van der Waals surface area contributed by atoms with Crippen LogP contribution in [0.3, 0.4) is 0 Å². The molecule has 1 aliphatic heterocycles. The third-order valence-corrected chi connectivity index (χ3v) is 4.24. The molecule has 0 saturated carbocycles. The van der Waals surface area contributed by atoms with Gasteiger partial charge >= 0.3 is 0 Å². The molecule has 1 aromatic rings. The lowest BCUT2D eigenvalue weighted by Crippen LogP contribution is -2.36. The van der Waals surface area contributed by atoms with Crippen LogP contribution in [0.1, 0.15) is 18.4 Å². The van der Waals surface area contributed by atoms with E-state index in [0.29, 0.717) is 12.5 Å². The van der Waals surface area contributed by atoms with Gasteiger partial charge in [0, 0.05) is 13.6 Å². The number of anilines is 1. The number of hydrogen-bond acceptors (Lipinski definition) is 3. The van der Waals surface area contributed by atoms with Crippen LogP contribution in [-0.4, -0.2) is 45.2 Å². The fraction of sp³-hybridized carbons (Fsp3) is 0.625. The molecule has 0 atom stereocenters. The van der Waals surface area contributed by atoms with Gasteiger partial charge in [0.2, 0.25) is 0 Å². The SMILES string of the molecule is CN1CCC(CN(C)c2c(F)cccc2CCN)CC1. The van der Waals surface area contributed by atoms with E-state index in [1.807, 2.05) is 13.1 Å². The van der Waals surface area contributed by atoms with Gasteiger partial charge in [-0.05, 0) is 63.5 Å². The van der Waals surface area contributed by atoms with Crippen LogP contribution in [0.5, 0.6) is 0 Å². The van der Waals surface area contributed by atoms with Gasteiger partial charge in [0.05, 0.1) is 5.69 Å². The van der Waals surface area contributed by atoms with E-state index >= 15 is 0 Å². The molecule has 3 nitrogen and oxygen atoms in total. The molecule has 0 aliphatic carbocycles. The second-order valence-corrected chi connectivity index (χ2v) is 5.91. The van der Waals surface area contributed by atoms with Crippen molar-refractivity contribution in [3.8, 4) is 0 Å². The third kappa shape index (κ3) is 3.70. The van der Waals surface area contributed by atoms with Crippen LogP contribution in [0.4, 0.5) is 10.1 Å². The van der Waals surface area contributed by atoms with E-state index in [-0.39, 0.29) is 5.82 Å². The maximum atomic E-state index is 14.1. The van der Waals surface area contributed by atoms with Gasteiger partial charge in [0.1, 0.15) is 5.82 Å². The Morgan fingerprint density at radius 2 is 2.05 bits per heavy atom. The molecular formula is C16H26FN3. The molecule has 1 aromatic carbocycles. The Morgan fingerprint density at radius 3 is 2.70 bits per heavy atom. The Balaban J connectivity index is 2.06. The molecule has 2 N–H and O–H groups in total.